The number of amides is 1. The van der Waals surface area contributed by atoms with Crippen molar-refractivity contribution in [1.82, 2.24) is 10.3 Å². The summed E-state index contributed by atoms with van der Waals surface area (Å²) in [4.78, 5) is 28.5. The van der Waals surface area contributed by atoms with Gasteiger partial charge in [-0.3, -0.25) is 4.79 Å². The lowest BCUT2D eigenvalue weighted by Gasteiger charge is -2.18. The van der Waals surface area contributed by atoms with Gasteiger partial charge in [-0.25, -0.2) is 14.2 Å². The van der Waals surface area contributed by atoms with Gasteiger partial charge in [-0.2, -0.15) is 13.2 Å². The number of aromatic nitrogens is 1. The maximum Gasteiger partial charge on any atom is 0.417 e. The third kappa shape index (κ3) is 6.94. The molecule has 0 saturated carbocycles. The van der Waals surface area contributed by atoms with Crippen molar-refractivity contribution >= 4 is 17.7 Å². The first kappa shape index (κ1) is 26.5. The van der Waals surface area contributed by atoms with E-state index in [1.807, 2.05) is 23.5 Å². The minimum Gasteiger partial charge on any atom is -0.493 e. The van der Waals surface area contributed by atoms with Gasteiger partial charge in [0.15, 0.2) is 0 Å². The smallest absolute Gasteiger partial charge is 0.417 e. The largest absolute Gasteiger partial charge is 0.493 e. The van der Waals surface area contributed by atoms with Crippen molar-refractivity contribution in [2.45, 2.75) is 25.1 Å². The van der Waals surface area contributed by atoms with E-state index in [9.17, 15) is 32.3 Å². The molecule has 36 heavy (non-hydrogen) atoms. The molecule has 0 spiro atoms. The van der Waals surface area contributed by atoms with Crippen LogP contribution in [0.5, 0.6) is 5.75 Å². The lowest BCUT2D eigenvalue weighted by Crippen LogP contribution is -2.43. The Kier molecular flexibility index (Phi) is 8.46. The number of carbonyl (C=O) groups is 2. The minimum atomic E-state index is -4.99. The van der Waals surface area contributed by atoms with Crippen molar-refractivity contribution < 1.29 is 37.0 Å². The lowest BCUT2D eigenvalue weighted by atomic mass is 10.0. The lowest BCUT2D eigenvalue weighted by molar-refractivity contribution is -0.139. The first-order valence-electron chi connectivity index (χ1n) is 10.8. The minimum absolute atomic E-state index is 0.238. The Morgan fingerprint density at radius 3 is 2.39 bits per heavy atom. The van der Waals surface area contributed by atoms with E-state index < -0.39 is 41.0 Å². The molecule has 0 aliphatic rings. The number of hydrogen-bond acceptors (Lipinski definition) is 5. The molecule has 0 fully saturated rings. The molecule has 1 atom stereocenters. The summed E-state index contributed by atoms with van der Waals surface area (Å²) in [7, 11) is 1.77. The van der Waals surface area contributed by atoms with Crippen molar-refractivity contribution in [2.75, 3.05) is 19.0 Å². The molecule has 0 bridgehead atoms. The van der Waals surface area contributed by atoms with Gasteiger partial charge in [0.25, 0.3) is 5.91 Å². The molecule has 0 unspecified atom stereocenters. The molecular weight excluding hydrogens is 482 g/mol. The predicted octanol–water partition coefficient (Wildman–Crippen LogP) is 4.33. The molecule has 11 heteroatoms. The van der Waals surface area contributed by atoms with Gasteiger partial charge < -0.3 is 20.5 Å². The zero-order valence-electron chi connectivity index (χ0n) is 19.1. The summed E-state index contributed by atoms with van der Waals surface area (Å²) in [5.41, 5.74) is -1.43. The van der Waals surface area contributed by atoms with E-state index in [-0.39, 0.29) is 6.42 Å². The number of aliphatic carboxylic acids is 1. The van der Waals surface area contributed by atoms with Crippen molar-refractivity contribution in [2.24, 2.45) is 0 Å². The number of halogens is 4. The predicted molar refractivity (Wildman–Crippen MR) is 123 cm³/mol. The van der Waals surface area contributed by atoms with Crippen LogP contribution < -0.4 is 15.4 Å². The molecule has 0 aliphatic carbocycles. The monoisotopic (exact) mass is 505 g/mol. The number of alkyl halides is 3. The topological polar surface area (TPSA) is 101 Å². The van der Waals surface area contributed by atoms with Crippen LogP contribution in [0.3, 0.4) is 0 Å². The standard InChI is InChI=1S/C25H23F4N3O4/c1-30-21-7-2-4-16(31-21)12-13-36-17-10-8-15(9-11-17)14-20(24(34)35)32-23(33)22-18(25(27,28)29)5-3-6-19(22)26/h2-11,20H,12-14H2,1H3,(H,30,31)(H,32,33)(H,34,35)/t20-/m0/s1. The number of nitrogens with zero attached hydrogens (tertiary/aromatic N) is 1. The molecule has 3 rings (SSSR count). The molecule has 1 heterocycles. The van der Waals surface area contributed by atoms with Crippen molar-refractivity contribution in [1.29, 1.82) is 0 Å². The van der Waals surface area contributed by atoms with Crippen LogP contribution in [0.25, 0.3) is 0 Å². The summed E-state index contributed by atoms with van der Waals surface area (Å²) in [5, 5.41) is 14.4. The summed E-state index contributed by atoms with van der Waals surface area (Å²) < 4.78 is 59.4. The number of carbonyl (C=O) groups excluding carboxylic acids is 1. The number of anilines is 1. The van der Waals surface area contributed by atoms with Gasteiger partial charge in [-0.1, -0.05) is 24.3 Å². The number of carboxylic acids is 1. The van der Waals surface area contributed by atoms with Crippen LogP contribution in [-0.2, 0) is 23.8 Å². The molecule has 190 valence electrons. The Bertz CT molecular complexity index is 1220. The van der Waals surface area contributed by atoms with Crippen LogP contribution in [0.4, 0.5) is 23.4 Å². The molecule has 0 radical (unpaired) electrons. The Hall–Kier alpha value is -4.15. The zero-order valence-corrected chi connectivity index (χ0v) is 19.1. The maximum atomic E-state index is 14.1. The van der Waals surface area contributed by atoms with Crippen LogP contribution in [-0.4, -0.2) is 41.7 Å². The van der Waals surface area contributed by atoms with Gasteiger partial charge in [0.05, 0.1) is 17.7 Å². The molecule has 0 saturated heterocycles. The highest BCUT2D eigenvalue weighted by atomic mass is 19.4. The number of nitrogens with one attached hydrogen (secondary N) is 2. The van der Waals surface area contributed by atoms with Crippen LogP contribution in [0, 0.1) is 5.82 Å². The first-order chi connectivity index (χ1) is 17.1. The third-order valence-electron chi connectivity index (χ3n) is 5.20. The highest BCUT2D eigenvalue weighted by Gasteiger charge is 2.37. The van der Waals surface area contributed by atoms with Gasteiger partial charge in [0, 0.05) is 25.6 Å². The van der Waals surface area contributed by atoms with E-state index in [1.165, 1.54) is 0 Å². The second kappa shape index (κ2) is 11.5. The maximum absolute atomic E-state index is 14.1. The van der Waals surface area contributed by atoms with Gasteiger partial charge in [-0.15, -0.1) is 0 Å². The number of rotatable bonds is 10. The quantitative estimate of drug-likeness (QED) is 0.355. The van der Waals surface area contributed by atoms with Crippen molar-refractivity contribution in [3.8, 4) is 5.75 Å². The van der Waals surface area contributed by atoms with Gasteiger partial charge >= 0.3 is 12.1 Å². The second-order valence-electron chi connectivity index (χ2n) is 7.74. The molecule has 1 aromatic heterocycles. The summed E-state index contributed by atoms with van der Waals surface area (Å²) in [5.74, 6) is -3.10. The van der Waals surface area contributed by atoms with E-state index in [4.69, 9.17) is 4.74 Å². The van der Waals surface area contributed by atoms with Crippen molar-refractivity contribution in [3.05, 3.63) is 88.9 Å². The van der Waals surface area contributed by atoms with Crippen LogP contribution >= 0.6 is 0 Å². The average molecular weight is 505 g/mol. The molecular formula is C25H23F4N3O4. The Labute approximate surface area is 204 Å². The zero-order chi connectivity index (χ0) is 26.3. The summed E-state index contributed by atoms with van der Waals surface area (Å²) in [6.45, 7) is 0.345. The summed E-state index contributed by atoms with van der Waals surface area (Å²) >= 11 is 0. The molecule has 1 amide bonds. The number of benzene rings is 2. The highest BCUT2D eigenvalue weighted by Crippen LogP contribution is 2.33. The Morgan fingerprint density at radius 1 is 1.06 bits per heavy atom. The average Bonchev–Trinajstić information content (AvgIpc) is 2.84. The van der Waals surface area contributed by atoms with Gasteiger partial charge in [0.2, 0.25) is 0 Å². The fourth-order valence-electron chi connectivity index (χ4n) is 3.41. The van der Waals surface area contributed by atoms with Gasteiger partial charge in [-0.05, 0) is 42.0 Å². The molecule has 0 aliphatic heterocycles. The normalized spacial score (nSPS) is 12.0. The number of ether oxygens (including phenoxy) is 1. The number of carboxylic acid groups (broad SMARTS) is 1. The van der Waals surface area contributed by atoms with E-state index in [0.717, 1.165) is 17.6 Å². The number of pyridine rings is 1. The molecule has 3 aromatic rings. The summed E-state index contributed by atoms with van der Waals surface area (Å²) in [6.07, 6.45) is -4.67. The second-order valence-corrected chi connectivity index (χ2v) is 7.74. The van der Waals surface area contributed by atoms with E-state index in [1.54, 1.807) is 31.3 Å². The Balaban J connectivity index is 1.63. The van der Waals surface area contributed by atoms with Gasteiger partial charge in [0.1, 0.15) is 23.4 Å². The fraction of sp³-hybridized carbons (Fsp3) is 0.240. The van der Waals surface area contributed by atoms with Crippen LogP contribution in [0.1, 0.15) is 27.2 Å². The molecule has 2 aromatic carbocycles. The van der Waals surface area contributed by atoms with Crippen molar-refractivity contribution in [3.63, 3.8) is 0 Å². The van der Waals surface area contributed by atoms with E-state index >= 15 is 0 Å². The molecule has 7 nitrogen and oxygen atoms in total. The van der Waals surface area contributed by atoms with E-state index in [2.05, 4.69) is 10.3 Å². The number of hydrogen-bond donors (Lipinski definition) is 3. The summed E-state index contributed by atoms with van der Waals surface area (Å²) in [6, 6.07) is 12.4. The Morgan fingerprint density at radius 2 is 1.75 bits per heavy atom. The van der Waals surface area contributed by atoms with Crippen LogP contribution in [0.2, 0.25) is 0 Å². The SMILES string of the molecule is CNc1cccc(CCOc2ccc(C[C@H](NC(=O)c3c(F)cccc3C(F)(F)F)C(=O)O)cc2)n1. The third-order valence-corrected chi connectivity index (χ3v) is 5.20. The fourth-order valence-corrected chi connectivity index (χ4v) is 3.41. The highest BCUT2D eigenvalue weighted by molar-refractivity contribution is 5.98. The molecule has 3 N–H and O–H groups in total. The van der Waals surface area contributed by atoms with E-state index in [0.29, 0.717) is 36.5 Å². The first-order valence-corrected chi connectivity index (χ1v) is 10.8. The van der Waals surface area contributed by atoms with Crippen LogP contribution in [0.15, 0.2) is 60.7 Å².